The van der Waals surface area contributed by atoms with Gasteiger partial charge >= 0.3 is 0 Å². The van der Waals surface area contributed by atoms with Crippen molar-refractivity contribution in [3.05, 3.63) is 22.4 Å². The first kappa shape index (κ1) is 14.1. The Balaban J connectivity index is 1.66. The van der Waals surface area contributed by atoms with Crippen molar-refractivity contribution in [1.29, 1.82) is 0 Å². The van der Waals surface area contributed by atoms with Gasteiger partial charge in [-0.1, -0.05) is 26.7 Å². The Morgan fingerprint density at radius 3 is 3.00 bits per heavy atom. The van der Waals surface area contributed by atoms with E-state index in [1.807, 2.05) is 0 Å². The molecule has 1 aromatic rings. The zero-order chi connectivity index (χ0) is 12.8. The van der Waals surface area contributed by atoms with Crippen LogP contribution in [0.1, 0.15) is 51.5 Å². The van der Waals surface area contributed by atoms with Gasteiger partial charge in [0, 0.05) is 6.04 Å². The highest BCUT2D eigenvalue weighted by atomic mass is 32.1. The first-order valence-corrected chi connectivity index (χ1v) is 8.42. The minimum atomic E-state index is 0.779. The Kier molecular flexibility index (Phi) is 5.71. The average molecular weight is 265 g/mol. The van der Waals surface area contributed by atoms with E-state index in [2.05, 4.69) is 36.0 Å². The maximum atomic E-state index is 3.77. The summed E-state index contributed by atoms with van der Waals surface area (Å²) in [5.74, 6) is 1.83. The normalized spacial score (nSPS) is 24.6. The van der Waals surface area contributed by atoms with Crippen LogP contribution < -0.4 is 5.32 Å². The number of hydrogen-bond donors (Lipinski definition) is 1. The number of thiophene rings is 1. The standard InChI is InChI=1S/C16H27NS/c1-13(2)10-15-4-3-5-16(11-15)17-8-6-14-7-9-18-12-14/h7,9,12-13,15-17H,3-6,8,10-11H2,1-2H3. The summed E-state index contributed by atoms with van der Waals surface area (Å²) in [6, 6.07) is 3.02. The fourth-order valence-electron chi connectivity index (χ4n) is 3.21. The van der Waals surface area contributed by atoms with Crippen molar-refractivity contribution in [2.24, 2.45) is 11.8 Å². The van der Waals surface area contributed by atoms with Gasteiger partial charge in [-0.3, -0.25) is 0 Å². The molecule has 0 saturated heterocycles. The first-order chi connectivity index (χ1) is 8.74. The molecule has 1 heterocycles. The van der Waals surface area contributed by atoms with Crippen LogP contribution >= 0.6 is 11.3 Å². The van der Waals surface area contributed by atoms with E-state index in [9.17, 15) is 0 Å². The summed E-state index contributed by atoms with van der Waals surface area (Å²) in [6.07, 6.45) is 8.28. The monoisotopic (exact) mass is 265 g/mol. The zero-order valence-electron chi connectivity index (χ0n) is 11.8. The molecule has 2 rings (SSSR count). The minimum absolute atomic E-state index is 0.779. The molecule has 0 spiro atoms. The van der Waals surface area contributed by atoms with Gasteiger partial charge < -0.3 is 5.32 Å². The molecule has 1 aliphatic carbocycles. The van der Waals surface area contributed by atoms with E-state index in [4.69, 9.17) is 0 Å². The second kappa shape index (κ2) is 7.30. The largest absolute Gasteiger partial charge is 0.314 e. The van der Waals surface area contributed by atoms with E-state index in [-0.39, 0.29) is 0 Å². The van der Waals surface area contributed by atoms with Crippen molar-refractivity contribution in [2.45, 2.75) is 58.4 Å². The van der Waals surface area contributed by atoms with Crippen molar-refractivity contribution in [3.8, 4) is 0 Å². The number of rotatable bonds is 6. The molecule has 0 aromatic carbocycles. The summed E-state index contributed by atoms with van der Waals surface area (Å²) in [7, 11) is 0. The highest BCUT2D eigenvalue weighted by molar-refractivity contribution is 7.07. The molecule has 2 atom stereocenters. The number of hydrogen-bond acceptors (Lipinski definition) is 2. The summed E-state index contributed by atoms with van der Waals surface area (Å²) in [4.78, 5) is 0. The maximum absolute atomic E-state index is 3.77. The summed E-state index contributed by atoms with van der Waals surface area (Å²) in [6.45, 7) is 5.86. The first-order valence-electron chi connectivity index (χ1n) is 7.48. The third-order valence-corrected chi connectivity index (χ3v) is 4.75. The fourth-order valence-corrected chi connectivity index (χ4v) is 3.92. The zero-order valence-corrected chi connectivity index (χ0v) is 12.6. The van der Waals surface area contributed by atoms with Gasteiger partial charge in [0.15, 0.2) is 0 Å². The van der Waals surface area contributed by atoms with Crippen molar-refractivity contribution in [2.75, 3.05) is 6.54 Å². The molecule has 1 aromatic heterocycles. The SMILES string of the molecule is CC(C)CC1CCCC(NCCc2ccsc2)C1. The van der Waals surface area contributed by atoms with Crippen LogP contribution in [0.3, 0.4) is 0 Å². The molecule has 2 unspecified atom stereocenters. The third kappa shape index (κ3) is 4.74. The van der Waals surface area contributed by atoms with E-state index in [0.717, 1.165) is 24.4 Å². The predicted octanol–water partition coefficient (Wildman–Crippen LogP) is 4.49. The van der Waals surface area contributed by atoms with E-state index in [1.165, 1.54) is 44.1 Å². The Bertz CT molecular complexity index is 318. The smallest absolute Gasteiger partial charge is 0.00698 e. The van der Waals surface area contributed by atoms with Gasteiger partial charge in [0.1, 0.15) is 0 Å². The van der Waals surface area contributed by atoms with Crippen LogP contribution in [0.15, 0.2) is 16.8 Å². The second-order valence-electron chi connectivity index (χ2n) is 6.19. The Labute approximate surface area is 116 Å². The molecule has 1 fully saturated rings. The lowest BCUT2D eigenvalue weighted by atomic mass is 9.81. The fraction of sp³-hybridized carbons (Fsp3) is 0.750. The summed E-state index contributed by atoms with van der Waals surface area (Å²) in [5.41, 5.74) is 1.49. The highest BCUT2D eigenvalue weighted by Crippen LogP contribution is 2.29. The third-order valence-electron chi connectivity index (χ3n) is 4.01. The van der Waals surface area contributed by atoms with Crippen LogP contribution in [-0.4, -0.2) is 12.6 Å². The lowest BCUT2D eigenvalue weighted by Crippen LogP contribution is -2.35. The molecular weight excluding hydrogens is 238 g/mol. The minimum Gasteiger partial charge on any atom is -0.314 e. The molecular formula is C16H27NS. The Hall–Kier alpha value is -0.340. The van der Waals surface area contributed by atoms with Gasteiger partial charge in [-0.05, 0) is 66.5 Å². The molecule has 0 radical (unpaired) electrons. The molecule has 2 heteroatoms. The maximum Gasteiger partial charge on any atom is 0.00698 e. The molecule has 0 amide bonds. The van der Waals surface area contributed by atoms with Crippen LogP contribution in [0.5, 0.6) is 0 Å². The summed E-state index contributed by atoms with van der Waals surface area (Å²) >= 11 is 1.81. The molecule has 0 aliphatic heterocycles. The van der Waals surface area contributed by atoms with E-state index in [1.54, 1.807) is 11.3 Å². The van der Waals surface area contributed by atoms with Crippen LogP contribution in [0, 0.1) is 11.8 Å². The molecule has 1 nitrogen and oxygen atoms in total. The van der Waals surface area contributed by atoms with Gasteiger partial charge in [-0.2, -0.15) is 11.3 Å². The lowest BCUT2D eigenvalue weighted by Gasteiger charge is -2.31. The molecule has 102 valence electrons. The van der Waals surface area contributed by atoms with Gasteiger partial charge in [0.05, 0.1) is 0 Å². The molecule has 18 heavy (non-hydrogen) atoms. The Morgan fingerprint density at radius 1 is 1.39 bits per heavy atom. The molecule has 1 aliphatic rings. The van der Waals surface area contributed by atoms with Crippen molar-refractivity contribution < 1.29 is 0 Å². The van der Waals surface area contributed by atoms with Crippen molar-refractivity contribution in [1.82, 2.24) is 5.32 Å². The second-order valence-corrected chi connectivity index (χ2v) is 6.97. The van der Waals surface area contributed by atoms with E-state index >= 15 is 0 Å². The molecule has 0 bridgehead atoms. The quantitative estimate of drug-likeness (QED) is 0.799. The van der Waals surface area contributed by atoms with Crippen molar-refractivity contribution >= 4 is 11.3 Å². The van der Waals surface area contributed by atoms with Gasteiger partial charge in [0.2, 0.25) is 0 Å². The van der Waals surface area contributed by atoms with Crippen LogP contribution in [0.25, 0.3) is 0 Å². The average Bonchev–Trinajstić information content (AvgIpc) is 2.82. The van der Waals surface area contributed by atoms with Crippen LogP contribution in [0.2, 0.25) is 0 Å². The number of nitrogens with one attached hydrogen (secondary N) is 1. The van der Waals surface area contributed by atoms with Gasteiger partial charge in [-0.25, -0.2) is 0 Å². The lowest BCUT2D eigenvalue weighted by molar-refractivity contribution is 0.253. The van der Waals surface area contributed by atoms with Crippen molar-refractivity contribution in [3.63, 3.8) is 0 Å². The van der Waals surface area contributed by atoms with E-state index < -0.39 is 0 Å². The highest BCUT2D eigenvalue weighted by Gasteiger charge is 2.21. The van der Waals surface area contributed by atoms with Gasteiger partial charge in [-0.15, -0.1) is 0 Å². The predicted molar refractivity (Wildman–Crippen MR) is 81.2 cm³/mol. The molecule has 1 N–H and O–H groups in total. The molecule has 1 saturated carbocycles. The summed E-state index contributed by atoms with van der Waals surface area (Å²) < 4.78 is 0. The van der Waals surface area contributed by atoms with E-state index in [0.29, 0.717) is 0 Å². The van der Waals surface area contributed by atoms with Crippen LogP contribution in [0.4, 0.5) is 0 Å². The van der Waals surface area contributed by atoms with Gasteiger partial charge in [0.25, 0.3) is 0 Å². The van der Waals surface area contributed by atoms with Crippen LogP contribution in [-0.2, 0) is 6.42 Å². The Morgan fingerprint density at radius 2 is 2.28 bits per heavy atom. The topological polar surface area (TPSA) is 12.0 Å². The summed E-state index contributed by atoms with van der Waals surface area (Å²) in [5, 5.41) is 8.21.